The molecule has 3 aromatic heterocycles. The number of thiophene rings is 1. The van der Waals surface area contributed by atoms with Crippen LogP contribution in [0.4, 0.5) is 0 Å². The second-order valence-electron chi connectivity index (χ2n) is 6.35. The largest absolute Gasteiger partial charge is 0.328 e. The monoisotopic (exact) mass is 351 g/mol. The lowest BCUT2D eigenvalue weighted by Gasteiger charge is -2.17. The molecule has 5 nitrogen and oxygen atoms in total. The molecule has 0 bridgehead atoms. The average molecular weight is 351 g/mol. The number of hydrogen-bond donors (Lipinski definition) is 0. The van der Waals surface area contributed by atoms with Gasteiger partial charge in [0.25, 0.3) is 5.56 Å². The number of hydrogen-bond acceptors (Lipinski definition) is 4. The summed E-state index contributed by atoms with van der Waals surface area (Å²) in [5, 5.41) is 4.48. The van der Waals surface area contributed by atoms with Crippen LogP contribution in [0.15, 0.2) is 50.7 Å². The van der Waals surface area contributed by atoms with Crippen LogP contribution in [0.5, 0.6) is 0 Å². The van der Waals surface area contributed by atoms with Gasteiger partial charge in [-0.05, 0) is 23.6 Å². The Morgan fingerprint density at radius 3 is 2.56 bits per heavy atom. The van der Waals surface area contributed by atoms with Gasteiger partial charge in [-0.1, -0.05) is 26.0 Å². The Bertz CT molecular complexity index is 1220. The summed E-state index contributed by atoms with van der Waals surface area (Å²) in [6, 6.07) is 9.18. The van der Waals surface area contributed by atoms with Gasteiger partial charge in [-0.25, -0.2) is 4.98 Å². The van der Waals surface area contributed by atoms with E-state index in [0.717, 1.165) is 11.2 Å². The third-order valence-electron chi connectivity index (χ3n) is 4.43. The van der Waals surface area contributed by atoms with E-state index in [2.05, 4.69) is 0 Å². The molecule has 1 aromatic carbocycles. The van der Waals surface area contributed by atoms with Crippen molar-refractivity contribution in [1.82, 2.24) is 14.1 Å². The van der Waals surface area contributed by atoms with Gasteiger partial charge in [-0.3, -0.25) is 14.2 Å². The molecule has 0 saturated carbocycles. The molecule has 3 heterocycles. The molecule has 0 fully saturated rings. The zero-order valence-electron chi connectivity index (χ0n) is 14.2. The lowest BCUT2D eigenvalue weighted by Crippen LogP contribution is -2.29. The Morgan fingerprint density at radius 2 is 1.88 bits per heavy atom. The fourth-order valence-electron chi connectivity index (χ4n) is 3.20. The van der Waals surface area contributed by atoms with Crippen molar-refractivity contribution >= 4 is 33.3 Å². The van der Waals surface area contributed by atoms with Crippen LogP contribution in [-0.2, 0) is 7.05 Å². The third-order valence-corrected chi connectivity index (χ3v) is 5.10. The maximum Gasteiger partial charge on any atom is 0.271 e. The van der Waals surface area contributed by atoms with Crippen LogP contribution in [0.2, 0.25) is 0 Å². The van der Waals surface area contributed by atoms with Crippen LogP contribution in [0.1, 0.15) is 25.6 Å². The summed E-state index contributed by atoms with van der Waals surface area (Å²) >= 11 is 1.51. The second-order valence-corrected chi connectivity index (χ2v) is 7.13. The number of nitrogens with zero attached hydrogens (tertiary/aromatic N) is 3. The molecule has 0 unspecified atom stereocenters. The number of benzene rings is 1. The van der Waals surface area contributed by atoms with Crippen LogP contribution in [0, 0.1) is 0 Å². The maximum atomic E-state index is 13.3. The molecule has 0 N–H and O–H groups in total. The number of aryl methyl sites for hydroxylation is 1. The highest BCUT2D eigenvalue weighted by Crippen LogP contribution is 2.21. The summed E-state index contributed by atoms with van der Waals surface area (Å²) in [5.41, 5.74) is 1.39. The van der Waals surface area contributed by atoms with Gasteiger partial charge in [0.15, 0.2) is 5.65 Å². The topological polar surface area (TPSA) is 56.9 Å². The van der Waals surface area contributed by atoms with Crippen LogP contribution >= 0.6 is 11.3 Å². The van der Waals surface area contributed by atoms with Crippen molar-refractivity contribution in [2.75, 3.05) is 0 Å². The first kappa shape index (κ1) is 15.8. The molecule has 0 aliphatic heterocycles. The Kier molecular flexibility index (Phi) is 3.58. The number of para-hydroxylation sites is 1. The summed E-state index contributed by atoms with van der Waals surface area (Å²) in [5.74, 6) is 0.694. The molecule has 0 amide bonds. The molecule has 0 aliphatic carbocycles. The summed E-state index contributed by atoms with van der Waals surface area (Å²) < 4.78 is 3.40. The van der Waals surface area contributed by atoms with Crippen molar-refractivity contribution < 1.29 is 0 Å². The predicted octanol–water partition coefficient (Wildman–Crippen LogP) is 3.42. The highest BCUT2D eigenvalue weighted by molar-refractivity contribution is 7.08. The normalized spacial score (nSPS) is 11.7. The maximum absolute atomic E-state index is 13.3. The molecule has 0 aliphatic rings. The van der Waals surface area contributed by atoms with E-state index in [1.54, 1.807) is 10.6 Å². The van der Waals surface area contributed by atoms with Gasteiger partial charge >= 0.3 is 0 Å². The molecule has 0 atom stereocenters. The smallest absolute Gasteiger partial charge is 0.271 e. The average Bonchev–Trinajstić information content (AvgIpc) is 3.13. The van der Waals surface area contributed by atoms with Gasteiger partial charge in [-0.15, -0.1) is 0 Å². The molecule has 4 rings (SSSR count). The Hall–Kier alpha value is -2.73. The molecular weight excluding hydrogens is 334 g/mol. The highest BCUT2D eigenvalue weighted by atomic mass is 32.1. The van der Waals surface area contributed by atoms with Crippen molar-refractivity contribution in [3.05, 3.63) is 67.5 Å². The van der Waals surface area contributed by atoms with E-state index in [-0.39, 0.29) is 22.3 Å². The Morgan fingerprint density at radius 1 is 1.12 bits per heavy atom. The van der Waals surface area contributed by atoms with Crippen LogP contribution in [-0.4, -0.2) is 14.1 Å². The van der Waals surface area contributed by atoms with E-state index in [1.807, 2.05) is 60.5 Å². The quantitative estimate of drug-likeness (QED) is 0.520. The first-order valence-electron chi connectivity index (χ1n) is 8.07. The van der Waals surface area contributed by atoms with Gasteiger partial charge in [0, 0.05) is 23.7 Å². The van der Waals surface area contributed by atoms with Gasteiger partial charge in [0.2, 0.25) is 5.43 Å². The Labute approximate surface area is 147 Å². The molecule has 0 saturated heterocycles. The SMILES string of the molecule is CC(C)c1nc2c(c(=O)c3ccccc3n2C)c(=O)n1-c1ccsc1. The van der Waals surface area contributed by atoms with Gasteiger partial charge in [-0.2, -0.15) is 11.3 Å². The van der Waals surface area contributed by atoms with Crippen LogP contribution in [0.25, 0.3) is 27.6 Å². The van der Waals surface area contributed by atoms with E-state index >= 15 is 0 Å². The van der Waals surface area contributed by atoms with Crippen molar-refractivity contribution in [2.24, 2.45) is 7.05 Å². The lowest BCUT2D eigenvalue weighted by atomic mass is 10.1. The minimum Gasteiger partial charge on any atom is -0.328 e. The summed E-state index contributed by atoms with van der Waals surface area (Å²) in [6.07, 6.45) is 0. The van der Waals surface area contributed by atoms with E-state index in [4.69, 9.17) is 4.98 Å². The van der Waals surface area contributed by atoms with Crippen molar-refractivity contribution in [2.45, 2.75) is 19.8 Å². The molecule has 0 radical (unpaired) electrons. The van der Waals surface area contributed by atoms with Gasteiger partial charge in [0.05, 0.1) is 11.2 Å². The molecule has 126 valence electrons. The van der Waals surface area contributed by atoms with E-state index in [0.29, 0.717) is 16.9 Å². The predicted molar refractivity (Wildman–Crippen MR) is 102 cm³/mol. The second kappa shape index (κ2) is 5.67. The lowest BCUT2D eigenvalue weighted by molar-refractivity contribution is 0.717. The van der Waals surface area contributed by atoms with E-state index in [1.165, 1.54) is 11.3 Å². The van der Waals surface area contributed by atoms with Crippen LogP contribution in [0.3, 0.4) is 0 Å². The minimum atomic E-state index is -0.307. The first-order chi connectivity index (χ1) is 12.0. The zero-order valence-corrected chi connectivity index (χ0v) is 15.0. The van der Waals surface area contributed by atoms with Crippen molar-refractivity contribution in [3.8, 4) is 5.69 Å². The van der Waals surface area contributed by atoms with Gasteiger partial charge < -0.3 is 4.57 Å². The number of pyridine rings is 1. The first-order valence-corrected chi connectivity index (χ1v) is 9.02. The molecule has 0 spiro atoms. The van der Waals surface area contributed by atoms with Crippen molar-refractivity contribution in [1.29, 1.82) is 0 Å². The zero-order chi connectivity index (χ0) is 17.7. The minimum absolute atomic E-state index is 0.0403. The summed E-state index contributed by atoms with van der Waals surface area (Å²) in [6.45, 7) is 3.99. The highest BCUT2D eigenvalue weighted by Gasteiger charge is 2.20. The van der Waals surface area contributed by atoms with Crippen molar-refractivity contribution in [3.63, 3.8) is 0 Å². The fraction of sp³-hybridized carbons (Fsp3) is 0.211. The van der Waals surface area contributed by atoms with E-state index < -0.39 is 0 Å². The summed E-state index contributed by atoms with van der Waals surface area (Å²) in [4.78, 5) is 31.0. The van der Waals surface area contributed by atoms with Crippen LogP contribution < -0.4 is 11.0 Å². The summed E-state index contributed by atoms with van der Waals surface area (Å²) in [7, 11) is 1.84. The Balaban J connectivity index is 2.29. The van der Waals surface area contributed by atoms with Gasteiger partial charge in [0.1, 0.15) is 11.2 Å². The molecule has 25 heavy (non-hydrogen) atoms. The molecular formula is C19H17N3O2S. The number of rotatable bonds is 2. The molecule has 4 aromatic rings. The standard InChI is InChI=1S/C19H17N3O2S/c1-11(2)17-20-18-15(19(24)22(17)12-8-9-25-10-12)16(23)13-6-4-5-7-14(13)21(18)3/h4-11H,1-3H3. The fourth-order valence-corrected chi connectivity index (χ4v) is 3.82. The van der Waals surface area contributed by atoms with E-state index in [9.17, 15) is 9.59 Å². The number of aromatic nitrogens is 3. The third kappa shape index (κ3) is 2.25. The number of fused-ring (bicyclic) bond motifs is 2. The molecule has 6 heteroatoms.